The lowest BCUT2D eigenvalue weighted by atomic mass is 10.00. The summed E-state index contributed by atoms with van der Waals surface area (Å²) in [6.45, 7) is 6.70. The zero-order valence-corrected chi connectivity index (χ0v) is 19.0. The zero-order valence-electron chi connectivity index (χ0n) is 18.2. The first-order valence-corrected chi connectivity index (χ1v) is 12.5. The molecule has 2 aromatic rings. The normalized spacial score (nSPS) is 21.6. The molecule has 3 aliphatic heterocycles. The number of piperidine rings is 1. The van der Waals surface area contributed by atoms with Gasteiger partial charge in [0.05, 0.1) is 18.4 Å². The van der Waals surface area contributed by atoms with E-state index in [9.17, 15) is 4.79 Å². The molecule has 31 heavy (non-hydrogen) atoms. The molecule has 166 valence electrons. The second-order valence-electron chi connectivity index (χ2n) is 8.91. The molecule has 0 spiro atoms. The number of thioether (sulfide) groups is 1. The van der Waals surface area contributed by atoms with Gasteiger partial charge in [-0.1, -0.05) is 36.9 Å². The van der Waals surface area contributed by atoms with Gasteiger partial charge in [-0.3, -0.25) is 9.36 Å². The van der Waals surface area contributed by atoms with Crippen molar-refractivity contribution in [1.82, 2.24) is 14.8 Å². The summed E-state index contributed by atoms with van der Waals surface area (Å²) in [5.74, 6) is 2.20. The SMILES string of the molecule is CC1CCN(c2nnc(SCC(=O)N3CCc4ccccc43)n2CC2CCCO2)CC1. The van der Waals surface area contributed by atoms with Crippen LogP contribution >= 0.6 is 11.8 Å². The van der Waals surface area contributed by atoms with Gasteiger partial charge in [0, 0.05) is 31.9 Å². The molecule has 0 saturated carbocycles. The summed E-state index contributed by atoms with van der Waals surface area (Å²) >= 11 is 1.50. The van der Waals surface area contributed by atoms with Crippen molar-refractivity contribution in [3.63, 3.8) is 0 Å². The summed E-state index contributed by atoms with van der Waals surface area (Å²) in [6, 6.07) is 8.19. The maximum Gasteiger partial charge on any atom is 0.237 e. The summed E-state index contributed by atoms with van der Waals surface area (Å²) in [5, 5.41) is 9.88. The van der Waals surface area contributed by atoms with Gasteiger partial charge in [-0.2, -0.15) is 0 Å². The van der Waals surface area contributed by atoms with Crippen LogP contribution in [-0.2, 0) is 22.5 Å². The Morgan fingerprint density at radius 2 is 2.00 bits per heavy atom. The molecule has 3 aliphatic rings. The van der Waals surface area contributed by atoms with Gasteiger partial charge in [-0.25, -0.2) is 0 Å². The molecule has 8 heteroatoms. The molecule has 2 fully saturated rings. The molecule has 1 amide bonds. The van der Waals surface area contributed by atoms with E-state index in [0.717, 1.165) is 74.8 Å². The first-order chi connectivity index (χ1) is 15.2. The van der Waals surface area contributed by atoms with Gasteiger partial charge >= 0.3 is 0 Å². The third-order valence-electron chi connectivity index (χ3n) is 6.69. The largest absolute Gasteiger partial charge is 0.376 e. The monoisotopic (exact) mass is 441 g/mol. The highest BCUT2D eigenvalue weighted by molar-refractivity contribution is 7.99. The lowest BCUT2D eigenvalue weighted by molar-refractivity contribution is -0.116. The number of ether oxygens (including phenoxy) is 1. The molecule has 1 atom stereocenters. The number of hydrogen-bond acceptors (Lipinski definition) is 6. The first-order valence-electron chi connectivity index (χ1n) is 11.5. The Kier molecular flexibility index (Phi) is 6.18. The minimum atomic E-state index is 0.134. The van der Waals surface area contributed by atoms with E-state index in [-0.39, 0.29) is 12.0 Å². The Bertz CT molecular complexity index is 918. The van der Waals surface area contributed by atoms with Gasteiger partial charge < -0.3 is 14.5 Å². The van der Waals surface area contributed by atoms with Crippen molar-refractivity contribution >= 4 is 29.3 Å². The van der Waals surface area contributed by atoms with Crippen LogP contribution in [0.4, 0.5) is 11.6 Å². The smallest absolute Gasteiger partial charge is 0.237 e. The molecule has 0 bridgehead atoms. The third kappa shape index (κ3) is 4.46. The lowest BCUT2D eigenvalue weighted by Crippen LogP contribution is -2.35. The van der Waals surface area contributed by atoms with Crippen LogP contribution in [0.3, 0.4) is 0 Å². The standard InChI is InChI=1S/C23H31N5O2S/c1-17-8-11-26(12-9-17)22-24-25-23(28(22)15-19-6-4-14-30-19)31-16-21(29)27-13-10-18-5-2-3-7-20(18)27/h2-3,5,7,17,19H,4,6,8-16H2,1H3. The molecular formula is C23H31N5O2S. The number of amides is 1. The molecule has 0 radical (unpaired) electrons. The average Bonchev–Trinajstić information content (AvgIpc) is 3.53. The molecule has 1 aromatic heterocycles. The van der Waals surface area contributed by atoms with Crippen LogP contribution in [0.25, 0.3) is 0 Å². The molecule has 7 nitrogen and oxygen atoms in total. The average molecular weight is 442 g/mol. The van der Waals surface area contributed by atoms with Gasteiger partial charge in [0.25, 0.3) is 0 Å². The van der Waals surface area contributed by atoms with E-state index < -0.39 is 0 Å². The summed E-state index contributed by atoms with van der Waals surface area (Å²) < 4.78 is 8.10. The molecule has 0 aliphatic carbocycles. The van der Waals surface area contributed by atoms with Gasteiger partial charge in [-0.05, 0) is 49.7 Å². The highest BCUT2D eigenvalue weighted by Crippen LogP contribution is 2.31. The number of para-hydroxylation sites is 1. The second kappa shape index (κ2) is 9.20. The van der Waals surface area contributed by atoms with Crippen molar-refractivity contribution in [2.75, 3.05) is 41.8 Å². The van der Waals surface area contributed by atoms with E-state index in [1.165, 1.54) is 30.2 Å². The minimum absolute atomic E-state index is 0.134. The van der Waals surface area contributed by atoms with Crippen LogP contribution in [0.15, 0.2) is 29.4 Å². The number of carbonyl (C=O) groups excluding carboxylic acids is 1. The van der Waals surface area contributed by atoms with E-state index in [0.29, 0.717) is 5.75 Å². The molecule has 0 N–H and O–H groups in total. The van der Waals surface area contributed by atoms with E-state index in [4.69, 9.17) is 4.74 Å². The minimum Gasteiger partial charge on any atom is -0.376 e. The Hall–Kier alpha value is -2.06. The van der Waals surface area contributed by atoms with Crippen LogP contribution in [0, 0.1) is 5.92 Å². The Morgan fingerprint density at radius 3 is 2.81 bits per heavy atom. The number of benzene rings is 1. The summed E-state index contributed by atoms with van der Waals surface area (Å²) in [4.78, 5) is 17.3. The van der Waals surface area contributed by atoms with Crippen LogP contribution in [0.1, 0.15) is 38.2 Å². The topological polar surface area (TPSA) is 63.5 Å². The zero-order chi connectivity index (χ0) is 21.2. The van der Waals surface area contributed by atoms with Crippen molar-refractivity contribution in [2.24, 2.45) is 5.92 Å². The fraction of sp³-hybridized carbons (Fsp3) is 0.609. The highest BCUT2D eigenvalue weighted by Gasteiger charge is 2.28. The maximum atomic E-state index is 13.0. The van der Waals surface area contributed by atoms with Crippen LogP contribution in [0.2, 0.25) is 0 Å². The summed E-state index contributed by atoms with van der Waals surface area (Å²) in [6.07, 6.45) is 5.68. The Balaban J connectivity index is 1.30. The quantitative estimate of drug-likeness (QED) is 0.641. The Labute approximate surface area is 188 Å². The molecule has 1 aromatic carbocycles. The molecule has 5 rings (SSSR count). The maximum absolute atomic E-state index is 13.0. The van der Waals surface area contributed by atoms with Crippen molar-refractivity contribution in [3.8, 4) is 0 Å². The molecular weight excluding hydrogens is 410 g/mol. The van der Waals surface area contributed by atoms with Gasteiger partial charge in [0.15, 0.2) is 5.16 Å². The molecule has 2 saturated heterocycles. The molecule has 4 heterocycles. The fourth-order valence-corrected chi connectivity index (χ4v) is 5.60. The number of fused-ring (bicyclic) bond motifs is 1. The van der Waals surface area contributed by atoms with Crippen molar-refractivity contribution in [2.45, 2.75) is 56.8 Å². The predicted molar refractivity (Wildman–Crippen MR) is 123 cm³/mol. The predicted octanol–water partition coefficient (Wildman–Crippen LogP) is 3.37. The number of nitrogens with zero attached hydrogens (tertiary/aromatic N) is 5. The number of rotatable bonds is 6. The summed E-state index contributed by atoms with van der Waals surface area (Å²) in [7, 11) is 0. The van der Waals surface area contributed by atoms with E-state index in [1.54, 1.807) is 0 Å². The van der Waals surface area contributed by atoms with Gasteiger partial charge in [0.2, 0.25) is 11.9 Å². The van der Waals surface area contributed by atoms with Crippen LogP contribution in [-0.4, -0.2) is 58.8 Å². The van der Waals surface area contributed by atoms with Crippen molar-refractivity contribution < 1.29 is 9.53 Å². The first kappa shape index (κ1) is 20.8. The number of anilines is 2. The van der Waals surface area contributed by atoms with Crippen molar-refractivity contribution in [3.05, 3.63) is 29.8 Å². The molecule has 1 unspecified atom stereocenters. The Morgan fingerprint density at radius 1 is 1.16 bits per heavy atom. The van der Waals surface area contributed by atoms with E-state index >= 15 is 0 Å². The second-order valence-corrected chi connectivity index (χ2v) is 9.85. The summed E-state index contributed by atoms with van der Waals surface area (Å²) in [5.41, 5.74) is 2.31. The third-order valence-corrected chi connectivity index (χ3v) is 7.64. The van der Waals surface area contributed by atoms with Gasteiger partial charge in [0.1, 0.15) is 0 Å². The fourth-order valence-electron chi connectivity index (χ4n) is 4.78. The van der Waals surface area contributed by atoms with E-state index in [1.807, 2.05) is 23.1 Å². The van der Waals surface area contributed by atoms with Crippen LogP contribution < -0.4 is 9.80 Å². The lowest BCUT2D eigenvalue weighted by Gasteiger charge is -2.31. The van der Waals surface area contributed by atoms with Crippen molar-refractivity contribution in [1.29, 1.82) is 0 Å². The number of carbonyl (C=O) groups is 1. The number of hydrogen-bond donors (Lipinski definition) is 0. The van der Waals surface area contributed by atoms with E-state index in [2.05, 4.69) is 32.7 Å². The highest BCUT2D eigenvalue weighted by atomic mass is 32.2. The van der Waals surface area contributed by atoms with Gasteiger partial charge in [-0.15, -0.1) is 10.2 Å². The number of aromatic nitrogens is 3. The van der Waals surface area contributed by atoms with Crippen LogP contribution in [0.5, 0.6) is 0 Å².